The first-order chi connectivity index (χ1) is 15.0. The zero-order chi connectivity index (χ0) is 23.9. The van der Waals surface area contributed by atoms with E-state index >= 15 is 0 Å². The Hall–Kier alpha value is -2.82. The Morgan fingerprint density at radius 3 is 2.25 bits per heavy atom. The van der Waals surface area contributed by atoms with Crippen LogP contribution in [0.3, 0.4) is 0 Å². The molecule has 32 heavy (non-hydrogen) atoms. The van der Waals surface area contributed by atoms with E-state index in [4.69, 9.17) is 4.74 Å². The molecule has 0 aliphatic carbocycles. The molecule has 0 saturated heterocycles. The Kier molecular flexibility index (Phi) is 8.88. The maximum Gasteiger partial charge on any atom is 0.261 e. The highest BCUT2D eigenvalue weighted by Crippen LogP contribution is 2.31. The molecule has 174 valence electrons. The molecule has 5 nitrogen and oxygen atoms in total. The number of benzene rings is 2. The number of carbonyl (C=O) groups excluding carboxylic acids is 2. The third kappa shape index (κ3) is 6.84. The molecule has 0 heterocycles. The molecule has 0 saturated carbocycles. The van der Waals surface area contributed by atoms with Crippen molar-refractivity contribution in [1.82, 2.24) is 10.2 Å². The summed E-state index contributed by atoms with van der Waals surface area (Å²) in [6.07, 6.45) is 0.523. The van der Waals surface area contributed by atoms with Crippen LogP contribution in [0.15, 0.2) is 48.5 Å². The number of hydrogen-bond acceptors (Lipinski definition) is 3. The van der Waals surface area contributed by atoms with Gasteiger partial charge in [-0.1, -0.05) is 70.2 Å². The number of carbonyl (C=O) groups is 2. The van der Waals surface area contributed by atoms with Gasteiger partial charge in [0.2, 0.25) is 5.91 Å². The van der Waals surface area contributed by atoms with E-state index in [1.54, 1.807) is 4.90 Å². The summed E-state index contributed by atoms with van der Waals surface area (Å²) in [6.45, 7) is 14.4. The topological polar surface area (TPSA) is 58.6 Å². The van der Waals surface area contributed by atoms with Crippen molar-refractivity contribution in [3.05, 3.63) is 65.2 Å². The van der Waals surface area contributed by atoms with Crippen molar-refractivity contribution in [2.24, 2.45) is 0 Å². The number of ether oxygens (including phenoxy) is 1. The van der Waals surface area contributed by atoms with Crippen molar-refractivity contribution in [2.45, 2.75) is 78.9 Å². The van der Waals surface area contributed by atoms with Crippen molar-refractivity contribution in [3.63, 3.8) is 0 Å². The number of rotatable bonds is 9. The number of amides is 2. The van der Waals surface area contributed by atoms with Gasteiger partial charge in [-0.2, -0.15) is 0 Å². The van der Waals surface area contributed by atoms with Gasteiger partial charge in [-0.15, -0.1) is 0 Å². The van der Waals surface area contributed by atoms with E-state index < -0.39 is 6.04 Å². The van der Waals surface area contributed by atoms with Crippen LogP contribution in [-0.2, 0) is 21.5 Å². The molecular formula is C27H38N2O3. The van der Waals surface area contributed by atoms with Crippen LogP contribution in [0.25, 0.3) is 0 Å². The highest BCUT2D eigenvalue weighted by atomic mass is 16.5. The minimum absolute atomic E-state index is 0.00174. The lowest BCUT2D eigenvalue weighted by atomic mass is 9.86. The van der Waals surface area contributed by atoms with E-state index in [0.29, 0.717) is 18.7 Å². The molecule has 2 amide bonds. The fraction of sp³-hybridized carbons (Fsp3) is 0.481. The number of nitrogens with one attached hydrogen (secondary N) is 1. The highest BCUT2D eigenvalue weighted by Gasteiger charge is 2.30. The van der Waals surface area contributed by atoms with E-state index in [-0.39, 0.29) is 29.9 Å². The largest absolute Gasteiger partial charge is 0.483 e. The first-order valence-corrected chi connectivity index (χ1v) is 11.4. The molecule has 2 aromatic rings. The van der Waals surface area contributed by atoms with Crippen molar-refractivity contribution >= 4 is 11.8 Å². The van der Waals surface area contributed by atoms with Gasteiger partial charge >= 0.3 is 0 Å². The van der Waals surface area contributed by atoms with Crippen LogP contribution < -0.4 is 10.1 Å². The molecule has 2 rings (SSSR count). The van der Waals surface area contributed by atoms with Crippen molar-refractivity contribution in [1.29, 1.82) is 0 Å². The Morgan fingerprint density at radius 1 is 1.03 bits per heavy atom. The first kappa shape index (κ1) is 25.4. The second kappa shape index (κ2) is 11.2. The second-order valence-corrected chi connectivity index (χ2v) is 9.57. The maximum atomic E-state index is 13.4. The summed E-state index contributed by atoms with van der Waals surface area (Å²) >= 11 is 0. The molecule has 0 bridgehead atoms. The van der Waals surface area contributed by atoms with Crippen molar-refractivity contribution in [3.8, 4) is 5.75 Å². The van der Waals surface area contributed by atoms with Crippen LogP contribution in [-0.4, -0.2) is 35.4 Å². The predicted octanol–water partition coefficient (Wildman–Crippen LogP) is 5.00. The van der Waals surface area contributed by atoms with Crippen LogP contribution in [0.5, 0.6) is 5.75 Å². The van der Waals surface area contributed by atoms with E-state index in [1.807, 2.05) is 76.2 Å². The number of aryl methyl sites for hydroxylation is 1. The molecule has 1 N–H and O–H groups in total. The highest BCUT2D eigenvalue weighted by molar-refractivity contribution is 5.88. The molecule has 0 fully saturated rings. The van der Waals surface area contributed by atoms with Gasteiger partial charge in [-0.3, -0.25) is 9.59 Å². The predicted molar refractivity (Wildman–Crippen MR) is 130 cm³/mol. The minimum Gasteiger partial charge on any atom is -0.483 e. The standard InChI is InChI=1S/C27H38N2O3/c1-8-23(26(31)28-19(2)3)29(17-21-14-10-9-13-20(21)4)25(30)18-32-24-16-12-11-15-22(24)27(5,6)7/h9-16,19,23H,8,17-18H2,1-7H3,(H,28,31). The molecule has 0 radical (unpaired) electrons. The van der Waals surface area contributed by atoms with E-state index in [1.165, 1.54) is 0 Å². The Balaban J connectivity index is 2.29. The second-order valence-electron chi connectivity index (χ2n) is 9.57. The molecule has 1 unspecified atom stereocenters. The molecule has 0 aliphatic rings. The normalized spacial score (nSPS) is 12.4. The van der Waals surface area contributed by atoms with Gasteiger partial charge in [0, 0.05) is 12.6 Å². The molecule has 1 atom stereocenters. The van der Waals surface area contributed by atoms with Gasteiger partial charge in [0.15, 0.2) is 6.61 Å². The van der Waals surface area contributed by atoms with Gasteiger partial charge in [0.25, 0.3) is 5.91 Å². The molecule has 0 aliphatic heterocycles. The minimum atomic E-state index is -0.564. The lowest BCUT2D eigenvalue weighted by molar-refractivity contribution is -0.143. The fourth-order valence-electron chi connectivity index (χ4n) is 3.71. The summed E-state index contributed by atoms with van der Waals surface area (Å²) in [7, 11) is 0. The first-order valence-electron chi connectivity index (χ1n) is 11.4. The lowest BCUT2D eigenvalue weighted by Gasteiger charge is -2.32. The summed E-state index contributed by atoms with van der Waals surface area (Å²) in [6, 6.07) is 15.2. The maximum absolute atomic E-state index is 13.4. The molecule has 5 heteroatoms. The van der Waals surface area contributed by atoms with E-state index in [0.717, 1.165) is 16.7 Å². The molecule has 2 aromatic carbocycles. The van der Waals surface area contributed by atoms with E-state index in [9.17, 15) is 9.59 Å². The van der Waals surface area contributed by atoms with Crippen molar-refractivity contribution < 1.29 is 14.3 Å². The summed E-state index contributed by atoms with van der Waals surface area (Å²) in [4.78, 5) is 28.0. The van der Waals surface area contributed by atoms with Crippen LogP contribution in [0, 0.1) is 6.92 Å². The SMILES string of the molecule is CCC(C(=O)NC(C)C)N(Cc1ccccc1C)C(=O)COc1ccccc1C(C)(C)C. The lowest BCUT2D eigenvalue weighted by Crippen LogP contribution is -2.51. The van der Waals surface area contributed by atoms with E-state index in [2.05, 4.69) is 26.1 Å². The summed E-state index contributed by atoms with van der Waals surface area (Å²) in [5.74, 6) is 0.353. The zero-order valence-electron chi connectivity index (χ0n) is 20.6. The van der Waals surface area contributed by atoms with Crippen molar-refractivity contribution in [2.75, 3.05) is 6.61 Å². The molecule has 0 aromatic heterocycles. The molecule has 0 spiro atoms. The van der Waals surface area contributed by atoms with Gasteiger partial charge in [-0.25, -0.2) is 0 Å². The Morgan fingerprint density at radius 2 is 1.66 bits per heavy atom. The summed E-state index contributed by atoms with van der Waals surface area (Å²) < 4.78 is 6.01. The third-order valence-corrected chi connectivity index (χ3v) is 5.47. The fourth-order valence-corrected chi connectivity index (χ4v) is 3.71. The van der Waals surface area contributed by atoms with Crippen LogP contribution in [0.1, 0.15) is 64.7 Å². The van der Waals surface area contributed by atoms with Crippen LogP contribution >= 0.6 is 0 Å². The van der Waals surface area contributed by atoms with Gasteiger partial charge in [0.05, 0.1) is 0 Å². The Bertz CT molecular complexity index is 915. The quantitative estimate of drug-likeness (QED) is 0.599. The van der Waals surface area contributed by atoms with Crippen LogP contribution in [0.2, 0.25) is 0 Å². The summed E-state index contributed by atoms with van der Waals surface area (Å²) in [5.41, 5.74) is 3.04. The monoisotopic (exact) mass is 438 g/mol. The average Bonchev–Trinajstić information content (AvgIpc) is 2.72. The number of para-hydroxylation sites is 1. The Labute approximate surface area is 193 Å². The smallest absolute Gasteiger partial charge is 0.261 e. The van der Waals surface area contributed by atoms with Gasteiger partial charge in [0.1, 0.15) is 11.8 Å². The number of nitrogens with zero attached hydrogens (tertiary/aromatic N) is 1. The third-order valence-electron chi connectivity index (χ3n) is 5.47. The summed E-state index contributed by atoms with van der Waals surface area (Å²) in [5, 5.41) is 2.96. The number of hydrogen-bond donors (Lipinski definition) is 1. The van der Waals surface area contributed by atoms with Gasteiger partial charge < -0.3 is 15.0 Å². The average molecular weight is 439 g/mol. The molecular weight excluding hydrogens is 400 g/mol. The zero-order valence-corrected chi connectivity index (χ0v) is 20.6. The van der Waals surface area contributed by atoms with Crippen LogP contribution in [0.4, 0.5) is 0 Å². The van der Waals surface area contributed by atoms with Gasteiger partial charge in [-0.05, 0) is 55.4 Å².